The number of ether oxygens (including phenoxy) is 1. The standard InChI is InChI=1S/C19H29N3O3/c1-4-22(19(24)17(20)15-8-10-25-11-9-15)12-16(23)21-18-13(2)6-5-7-14(18)3/h5-7,15,17H,4,8-12,20H2,1-3H3,(H,21,23). The fraction of sp³-hybridized carbons (Fsp3) is 0.579. The molecule has 1 aliphatic rings. The average molecular weight is 347 g/mol. The van der Waals surface area contributed by atoms with Crippen molar-refractivity contribution >= 4 is 17.5 Å². The summed E-state index contributed by atoms with van der Waals surface area (Å²) in [7, 11) is 0. The van der Waals surface area contributed by atoms with Gasteiger partial charge in [0.1, 0.15) is 0 Å². The number of nitrogens with zero attached hydrogens (tertiary/aromatic N) is 1. The van der Waals surface area contributed by atoms with Crippen LogP contribution in [0.4, 0.5) is 5.69 Å². The van der Waals surface area contributed by atoms with Crippen LogP contribution < -0.4 is 11.1 Å². The number of anilines is 1. The number of carbonyl (C=O) groups is 2. The molecule has 25 heavy (non-hydrogen) atoms. The van der Waals surface area contributed by atoms with Gasteiger partial charge in [-0.3, -0.25) is 9.59 Å². The van der Waals surface area contributed by atoms with Crippen LogP contribution in [0.2, 0.25) is 0 Å². The smallest absolute Gasteiger partial charge is 0.244 e. The zero-order valence-corrected chi connectivity index (χ0v) is 15.4. The number of benzene rings is 1. The monoisotopic (exact) mass is 347 g/mol. The fourth-order valence-corrected chi connectivity index (χ4v) is 3.20. The van der Waals surface area contributed by atoms with Gasteiger partial charge in [0.2, 0.25) is 11.8 Å². The zero-order valence-electron chi connectivity index (χ0n) is 15.4. The molecule has 1 aliphatic heterocycles. The average Bonchev–Trinajstić information content (AvgIpc) is 2.62. The first-order chi connectivity index (χ1) is 11.9. The highest BCUT2D eigenvalue weighted by Gasteiger charge is 2.30. The molecule has 0 saturated carbocycles. The number of nitrogens with two attached hydrogens (primary N) is 1. The van der Waals surface area contributed by atoms with Crippen molar-refractivity contribution < 1.29 is 14.3 Å². The molecule has 1 fully saturated rings. The number of aryl methyl sites for hydroxylation is 2. The Morgan fingerprint density at radius 2 is 1.88 bits per heavy atom. The van der Waals surface area contributed by atoms with Crippen LogP contribution in [-0.4, -0.2) is 49.1 Å². The van der Waals surface area contributed by atoms with E-state index in [-0.39, 0.29) is 24.3 Å². The molecule has 3 N–H and O–H groups in total. The second kappa shape index (κ2) is 8.97. The summed E-state index contributed by atoms with van der Waals surface area (Å²) in [5, 5.41) is 2.92. The van der Waals surface area contributed by atoms with Crippen molar-refractivity contribution in [1.29, 1.82) is 0 Å². The van der Waals surface area contributed by atoms with E-state index < -0.39 is 6.04 Å². The Balaban J connectivity index is 1.98. The van der Waals surface area contributed by atoms with Crippen LogP contribution >= 0.6 is 0 Å². The van der Waals surface area contributed by atoms with Gasteiger partial charge in [-0.1, -0.05) is 18.2 Å². The van der Waals surface area contributed by atoms with Gasteiger partial charge in [-0.2, -0.15) is 0 Å². The van der Waals surface area contributed by atoms with E-state index in [4.69, 9.17) is 10.5 Å². The van der Waals surface area contributed by atoms with E-state index in [1.807, 2.05) is 39.0 Å². The predicted molar refractivity (Wildman–Crippen MR) is 98.3 cm³/mol. The fourth-order valence-electron chi connectivity index (χ4n) is 3.20. The maximum absolute atomic E-state index is 12.7. The molecule has 138 valence electrons. The number of para-hydroxylation sites is 1. The first-order valence-corrected chi connectivity index (χ1v) is 8.92. The summed E-state index contributed by atoms with van der Waals surface area (Å²) >= 11 is 0. The number of likely N-dealkylation sites (N-methyl/N-ethyl adjacent to an activating group) is 1. The van der Waals surface area contributed by atoms with Crippen molar-refractivity contribution in [2.75, 3.05) is 31.6 Å². The van der Waals surface area contributed by atoms with E-state index in [9.17, 15) is 9.59 Å². The van der Waals surface area contributed by atoms with E-state index in [1.54, 1.807) is 0 Å². The normalized spacial score (nSPS) is 16.3. The number of amides is 2. The Morgan fingerprint density at radius 3 is 2.44 bits per heavy atom. The molecule has 2 amide bonds. The third-order valence-corrected chi connectivity index (χ3v) is 4.83. The first kappa shape index (κ1) is 19.4. The number of hydrogen-bond acceptors (Lipinski definition) is 4. The number of hydrogen-bond donors (Lipinski definition) is 2. The Bertz CT molecular complexity index is 592. The molecule has 6 nitrogen and oxygen atoms in total. The maximum Gasteiger partial charge on any atom is 0.244 e. The Kier molecular flexibility index (Phi) is 6.96. The van der Waals surface area contributed by atoms with E-state index >= 15 is 0 Å². The minimum atomic E-state index is -0.572. The third kappa shape index (κ3) is 5.03. The van der Waals surface area contributed by atoms with Crippen LogP contribution in [0.1, 0.15) is 30.9 Å². The molecule has 0 aliphatic carbocycles. The highest BCUT2D eigenvalue weighted by Crippen LogP contribution is 2.20. The quantitative estimate of drug-likeness (QED) is 0.822. The molecule has 1 atom stereocenters. The molecule has 1 saturated heterocycles. The Hall–Kier alpha value is -1.92. The lowest BCUT2D eigenvalue weighted by Gasteiger charge is -2.30. The first-order valence-electron chi connectivity index (χ1n) is 8.92. The van der Waals surface area contributed by atoms with E-state index in [1.165, 1.54) is 4.90 Å². The lowest BCUT2D eigenvalue weighted by molar-refractivity contribution is -0.137. The Morgan fingerprint density at radius 1 is 1.28 bits per heavy atom. The van der Waals surface area contributed by atoms with Crippen LogP contribution in [0, 0.1) is 19.8 Å². The van der Waals surface area contributed by atoms with Gasteiger partial charge in [-0.15, -0.1) is 0 Å². The summed E-state index contributed by atoms with van der Waals surface area (Å²) in [6, 6.07) is 5.28. The topological polar surface area (TPSA) is 84.7 Å². The molecule has 0 spiro atoms. The van der Waals surface area contributed by atoms with E-state index in [0.29, 0.717) is 19.8 Å². The summed E-state index contributed by atoms with van der Waals surface area (Å²) in [5.74, 6) is -0.241. The van der Waals surface area contributed by atoms with Gasteiger partial charge >= 0.3 is 0 Å². The van der Waals surface area contributed by atoms with Gasteiger partial charge in [-0.05, 0) is 50.7 Å². The lowest BCUT2D eigenvalue weighted by atomic mass is 9.91. The molecule has 0 radical (unpaired) electrons. The van der Waals surface area contributed by atoms with E-state index in [2.05, 4.69) is 5.32 Å². The largest absolute Gasteiger partial charge is 0.381 e. The molecule has 2 rings (SSSR count). The van der Waals surface area contributed by atoms with Crippen LogP contribution in [0.5, 0.6) is 0 Å². The molecule has 1 aromatic carbocycles. The minimum absolute atomic E-state index is 0.0139. The van der Waals surface area contributed by atoms with Crippen molar-refractivity contribution in [3.63, 3.8) is 0 Å². The summed E-state index contributed by atoms with van der Waals surface area (Å²) < 4.78 is 5.33. The van der Waals surface area contributed by atoms with Crippen LogP contribution in [0.25, 0.3) is 0 Å². The second-order valence-corrected chi connectivity index (χ2v) is 6.64. The highest BCUT2D eigenvalue weighted by molar-refractivity contribution is 5.96. The maximum atomic E-state index is 12.7. The SMILES string of the molecule is CCN(CC(=O)Nc1c(C)cccc1C)C(=O)C(N)C1CCOCC1. The number of rotatable bonds is 6. The van der Waals surface area contributed by atoms with Gasteiger partial charge in [0.15, 0.2) is 0 Å². The van der Waals surface area contributed by atoms with Crippen LogP contribution in [-0.2, 0) is 14.3 Å². The van der Waals surface area contributed by atoms with Crippen molar-refractivity contribution in [3.8, 4) is 0 Å². The highest BCUT2D eigenvalue weighted by atomic mass is 16.5. The summed E-state index contributed by atoms with van der Waals surface area (Å²) in [6.45, 7) is 7.52. The summed E-state index contributed by atoms with van der Waals surface area (Å²) in [5.41, 5.74) is 8.98. The second-order valence-electron chi connectivity index (χ2n) is 6.64. The number of nitrogens with one attached hydrogen (secondary N) is 1. The minimum Gasteiger partial charge on any atom is -0.381 e. The van der Waals surface area contributed by atoms with Crippen molar-refractivity contribution in [1.82, 2.24) is 4.90 Å². The molecule has 1 aromatic rings. The molecule has 0 aromatic heterocycles. The summed E-state index contributed by atoms with van der Waals surface area (Å²) in [4.78, 5) is 26.6. The lowest BCUT2D eigenvalue weighted by Crippen LogP contribution is -2.50. The molecule has 0 bridgehead atoms. The van der Waals surface area contributed by atoms with Crippen LogP contribution in [0.15, 0.2) is 18.2 Å². The van der Waals surface area contributed by atoms with Gasteiger partial charge in [-0.25, -0.2) is 0 Å². The van der Waals surface area contributed by atoms with Crippen molar-refractivity contribution in [2.45, 2.75) is 39.7 Å². The van der Waals surface area contributed by atoms with Gasteiger partial charge in [0, 0.05) is 25.4 Å². The predicted octanol–water partition coefficient (Wildman–Crippen LogP) is 1.84. The van der Waals surface area contributed by atoms with Crippen molar-refractivity contribution in [2.24, 2.45) is 11.7 Å². The van der Waals surface area contributed by atoms with Crippen molar-refractivity contribution in [3.05, 3.63) is 29.3 Å². The van der Waals surface area contributed by atoms with Gasteiger partial charge in [0.05, 0.1) is 12.6 Å². The molecular weight excluding hydrogens is 318 g/mol. The number of carbonyl (C=O) groups excluding carboxylic acids is 2. The van der Waals surface area contributed by atoms with Gasteiger partial charge in [0.25, 0.3) is 0 Å². The van der Waals surface area contributed by atoms with E-state index in [0.717, 1.165) is 29.7 Å². The van der Waals surface area contributed by atoms with Crippen LogP contribution in [0.3, 0.4) is 0 Å². The molecule has 1 unspecified atom stereocenters. The summed E-state index contributed by atoms with van der Waals surface area (Å²) in [6.07, 6.45) is 1.58. The van der Waals surface area contributed by atoms with Gasteiger partial charge < -0.3 is 20.7 Å². The Labute approximate surface area is 149 Å². The third-order valence-electron chi connectivity index (χ3n) is 4.83. The molecular formula is C19H29N3O3. The molecule has 6 heteroatoms. The zero-order chi connectivity index (χ0) is 18.4. The molecule has 1 heterocycles.